The van der Waals surface area contributed by atoms with Crippen LogP contribution in [0.15, 0.2) is 48.8 Å². The van der Waals surface area contributed by atoms with Gasteiger partial charge in [-0.3, -0.25) is 9.69 Å². The van der Waals surface area contributed by atoms with Gasteiger partial charge >= 0.3 is 0 Å². The lowest BCUT2D eigenvalue weighted by atomic mass is 10.0. The van der Waals surface area contributed by atoms with E-state index in [0.29, 0.717) is 24.3 Å². The fourth-order valence-electron chi connectivity index (χ4n) is 3.98. The number of hydrogen-bond donors (Lipinski definition) is 1. The number of benzene rings is 2. The number of nitrogens with one attached hydrogen (secondary N) is 1. The Hall–Kier alpha value is -2.90. The third-order valence-corrected chi connectivity index (χ3v) is 5.82. The van der Waals surface area contributed by atoms with Crippen LogP contribution in [0.2, 0.25) is 0 Å². The number of hydrogen-bond acceptors (Lipinski definition) is 6. The van der Waals surface area contributed by atoms with Crippen molar-refractivity contribution < 1.29 is 9.18 Å². The van der Waals surface area contributed by atoms with Crippen LogP contribution in [0.3, 0.4) is 0 Å². The van der Waals surface area contributed by atoms with Crippen LogP contribution in [0.25, 0.3) is 10.9 Å². The van der Waals surface area contributed by atoms with E-state index >= 15 is 0 Å². The normalized spacial score (nSPS) is 16.4. The van der Waals surface area contributed by atoms with E-state index in [1.54, 1.807) is 12.1 Å². The van der Waals surface area contributed by atoms with Gasteiger partial charge < -0.3 is 10.2 Å². The molecule has 2 heterocycles. The summed E-state index contributed by atoms with van der Waals surface area (Å²) in [5, 5.41) is 4.13. The number of rotatable bonds is 7. The number of Topliss-reactive ketones (excluding diaryl/α,β-unsaturated/α-hetero) is 1. The first-order valence-electron chi connectivity index (χ1n) is 10.7. The molecular weight excluding hydrogens is 393 g/mol. The van der Waals surface area contributed by atoms with Gasteiger partial charge in [0.2, 0.25) is 0 Å². The van der Waals surface area contributed by atoms with Gasteiger partial charge in [0, 0.05) is 43.5 Å². The predicted octanol–water partition coefficient (Wildman–Crippen LogP) is 3.30. The Bertz CT molecular complexity index is 1060. The second kappa shape index (κ2) is 9.49. The molecule has 162 valence electrons. The molecule has 6 nitrogen and oxygen atoms in total. The van der Waals surface area contributed by atoms with E-state index in [9.17, 15) is 9.18 Å². The topological polar surface area (TPSA) is 61.4 Å². The Morgan fingerprint density at radius 1 is 1.13 bits per heavy atom. The lowest BCUT2D eigenvalue weighted by molar-refractivity contribution is -0.119. The highest BCUT2D eigenvalue weighted by Crippen LogP contribution is 2.26. The van der Waals surface area contributed by atoms with Crippen LogP contribution in [0, 0.1) is 5.82 Å². The number of carbonyl (C=O) groups excluding carboxylic acids is 1. The van der Waals surface area contributed by atoms with Gasteiger partial charge in [0.25, 0.3) is 0 Å². The van der Waals surface area contributed by atoms with E-state index < -0.39 is 0 Å². The molecule has 3 aromatic rings. The molecule has 1 aliphatic heterocycles. The Kier molecular flexibility index (Phi) is 6.53. The van der Waals surface area contributed by atoms with Gasteiger partial charge in [-0.2, -0.15) is 0 Å². The molecule has 0 amide bonds. The molecule has 1 aliphatic rings. The van der Waals surface area contributed by atoms with Gasteiger partial charge in [-0.25, -0.2) is 14.4 Å². The maximum absolute atomic E-state index is 14.2. The van der Waals surface area contributed by atoms with E-state index in [1.165, 1.54) is 12.4 Å². The average molecular weight is 422 g/mol. The third kappa shape index (κ3) is 5.24. The molecule has 2 aromatic carbocycles. The molecule has 1 fully saturated rings. The number of halogens is 1. The molecule has 31 heavy (non-hydrogen) atoms. The highest BCUT2D eigenvalue weighted by atomic mass is 19.1. The smallest absolute Gasteiger partial charge is 0.151 e. The number of fused-ring (bicyclic) bond motifs is 1. The number of carbonyl (C=O) groups is 1. The van der Waals surface area contributed by atoms with Crippen LogP contribution < -0.4 is 5.32 Å². The minimum atomic E-state index is -0.262. The van der Waals surface area contributed by atoms with Crippen molar-refractivity contribution in [2.24, 2.45) is 0 Å². The number of anilines is 1. The average Bonchev–Trinajstić information content (AvgIpc) is 2.76. The first-order valence-corrected chi connectivity index (χ1v) is 10.7. The van der Waals surface area contributed by atoms with Crippen molar-refractivity contribution in [2.75, 3.05) is 45.1 Å². The summed E-state index contributed by atoms with van der Waals surface area (Å²) in [7, 11) is 2.11. The Morgan fingerprint density at radius 3 is 2.68 bits per heavy atom. The van der Waals surface area contributed by atoms with Crippen molar-refractivity contribution in [2.45, 2.75) is 19.4 Å². The van der Waals surface area contributed by atoms with Gasteiger partial charge in [-0.15, -0.1) is 0 Å². The Morgan fingerprint density at radius 2 is 1.90 bits per heavy atom. The van der Waals surface area contributed by atoms with Crippen LogP contribution in [-0.2, 0) is 11.2 Å². The summed E-state index contributed by atoms with van der Waals surface area (Å²) in [6.45, 7) is 6.22. The highest BCUT2D eigenvalue weighted by Gasteiger charge is 2.17. The van der Waals surface area contributed by atoms with E-state index in [0.717, 1.165) is 42.6 Å². The SMILES string of the molecule is CC(Nc1ncnc2ccc(CC(=O)CN3CCN(C)CC3)cc12)c1ccccc1F. The fraction of sp³-hybridized carbons (Fsp3) is 0.375. The highest BCUT2D eigenvalue weighted by molar-refractivity contribution is 5.91. The number of likely N-dealkylation sites (N-methyl/N-ethyl adjacent to an activating group) is 1. The summed E-state index contributed by atoms with van der Waals surface area (Å²) in [6, 6.07) is 12.3. The zero-order valence-corrected chi connectivity index (χ0v) is 18.0. The molecule has 1 atom stereocenters. The van der Waals surface area contributed by atoms with Crippen molar-refractivity contribution in [1.29, 1.82) is 0 Å². The van der Waals surface area contributed by atoms with Crippen LogP contribution >= 0.6 is 0 Å². The standard InChI is InChI=1S/C24H28FN5O/c1-17(20-5-3-4-6-22(20)25)28-24-21-14-18(7-8-23(21)26-16-27-24)13-19(31)15-30-11-9-29(2)10-12-30/h3-8,14,16-17H,9-13,15H2,1-2H3,(H,26,27,28). The van der Waals surface area contributed by atoms with Gasteiger partial charge in [0.1, 0.15) is 18.0 Å². The number of piperazine rings is 1. The lowest BCUT2D eigenvalue weighted by Crippen LogP contribution is -2.46. The summed E-state index contributed by atoms with van der Waals surface area (Å²) in [5.74, 6) is 0.583. The summed E-state index contributed by atoms with van der Waals surface area (Å²) < 4.78 is 14.2. The van der Waals surface area contributed by atoms with Crippen LogP contribution in [0.5, 0.6) is 0 Å². The van der Waals surface area contributed by atoms with Crippen LogP contribution in [-0.4, -0.2) is 65.3 Å². The van der Waals surface area contributed by atoms with Crippen LogP contribution in [0.4, 0.5) is 10.2 Å². The van der Waals surface area contributed by atoms with E-state index in [2.05, 4.69) is 32.1 Å². The van der Waals surface area contributed by atoms with Crippen molar-refractivity contribution in [3.8, 4) is 0 Å². The zero-order valence-electron chi connectivity index (χ0n) is 18.0. The second-order valence-corrected chi connectivity index (χ2v) is 8.26. The fourth-order valence-corrected chi connectivity index (χ4v) is 3.98. The van der Waals surface area contributed by atoms with E-state index in [1.807, 2.05) is 31.2 Å². The molecule has 0 saturated carbocycles. The van der Waals surface area contributed by atoms with Crippen LogP contribution in [0.1, 0.15) is 24.1 Å². The lowest BCUT2D eigenvalue weighted by Gasteiger charge is -2.31. The predicted molar refractivity (Wildman–Crippen MR) is 121 cm³/mol. The molecule has 0 radical (unpaired) electrons. The molecule has 0 bridgehead atoms. The molecule has 1 unspecified atom stereocenters. The second-order valence-electron chi connectivity index (χ2n) is 8.26. The first kappa shape index (κ1) is 21.3. The van der Waals surface area contributed by atoms with E-state index in [-0.39, 0.29) is 17.6 Å². The molecule has 1 N–H and O–H groups in total. The Labute approximate surface area is 182 Å². The Balaban J connectivity index is 1.49. The summed E-state index contributed by atoms with van der Waals surface area (Å²) >= 11 is 0. The van der Waals surface area contributed by atoms with Crippen molar-refractivity contribution >= 4 is 22.5 Å². The van der Waals surface area contributed by atoms with Gasteiger partial charge in [-0.1, -0.05) is 24.3 Å². The maximum atomic E-state index is 14.2. The molecule has 4 rings (SSSR count). The molecule has 1 saturated heterocycles. The van der Waals surface area contributed by atoms with Gasteiger partial charge in [0.15, 0.2) is 5.78 Å². The molecule has 7 heteroatoms. The summed E-state index contributed by atoms with van der Waals surface area (Å²) in [4.78, 5) is 25.9. The monoisotopic (exact) mass is 421 g/mol. The van der Waals surface area contributed by atoms with Gasteiger partial charge in [-0.05, 0) is 37.7 Å². The molecular formula is C24H28FN5O. The quantitative estimate of drug-likeness (QED) is 0.632. The van der Waals surface area contributed by atoms with Gasteiger partial charge in [0.05, 0.1) is 18.1 Å². The zero-order chi connectivity index (χ0) is 21.8. The minimum absolute atomic E-state index is 0.204. The van der Waals surface area contributed by atoms with Crippen molar-refractivity contribution in [3.63, 3.8) is 0 Å². The number of ketones is 1. The van der Waals surface area contributed by atoms with Crippen molar-refractivity contribution in [3.05, 3.63) is 65.7 Å². The molecule has 1 aromatic heterocycles. The molecule has 0 spiro atoms. The maximum Gasteiger partial charge on any atom is 0.151 e. The minimum Gasteiger partial charge on any atom is -0.363 e. The number of aromatic nitrogens is 2. The third-order valence-electron chi connectivity index (χ3n) is 5.82. The van der Waals surface area contributed by atoms with Crippen molar-refractivity contribution in [1.82, 2.24) is 19.8 Å². The largest absolute Gasteiger partial charge is 0.363 e. The van der Waals surface area contributed by atoms with E-state index in [4.69, 9.17) is 0 Å². The molecule has 0 aliphatic carbocycles. The first-order chi connectivity index (χ1) is 15.0. The summed E-state index contributed by atoms with van der Waals surface area (Å²) in [6.07, 6.45) is 1.87. The number of nitrogens with zero attached hydrogens (tertiary/aromatic N) is 4. The summed E-state index contributed by atoms with van der Waals surface area (Å²) in [5.41, 5.74) is 2.30.